The van der Waals surface area contributed by atoms with Crippen LogP contribution >= 0.6 is 0 Å². The molecule has 0 saturated carbocycles. The summed E-state index contributed by atoms with van der Waals surface area (Å²) in [5.41, 5.74) is 0.579. The molecule has 1 aliphatic rings. The minimum Gasteiger partial charge on any atom is -0.492 e. The molecule has 1 unspecified atom stereocenters. The minimum atomic E-state index is -0.507. The maximum atomic E-state index is 11.8. The molecule has 1 fully saturated rings. The van der Waals surface area contributed by atoms with Crippen LogP contribution in [0.4, 0.5) is 10.5 Å². The van der Waals surface area contributed by atoms with E-state index in [0.717, 1.165) is 0 Å². The highest BCUT2D eigenvalue weighted by molar-refractivity contribution is 5.91. The zero-order valence-electron chi connectivity index (χ0n) is 10.1. The van der Waals surface area contributed by atoms with Crippen molar-refractivity contribution in [1.29, 1.82) is 5.26 Å². The van der Waals surface area contributed by atoms with Crippen molar-refractivity contribution in [3.63, 3.8) is 0 Å². The van der Waals surface area contributed by atoms with Crippen LogP contribution in [-0.2, 0) is 4.74 Å². The van der Waals surface area contributed by atoms with Crippen LogP contribution in [0.5, 0.6) is 5.75 Å². The first-order chi connectivity index (χ1) is 8.77. The zero-order chi connectivity index (χ0) is 13.0. The van der Waals surface area contributed by atoms with Gasteiger partial charge in [-0.05, 0) is 19.1 Å². The molecule has 1 heterocycles. The monoisotopic (exact) mass is 246 g/mol. The summed E-state index contributed by atoms with van der Waals surface area (Å²) < 4.78 is 10.5. The SMILES string of the molecule is CCOc1ccccc1N1C(=O)OCCC1C#N. The lowest BCUT2D eigenvalue weighted by Gasteiger charge is -2.31. The highest BCUT2D eigenvalue weighted by Crippen LogP contribution is 2.32. The van der Waals surface area contributed by atoms with E-state index in [1.54, 1.807) is 18.2 Å². The Labute approximate surface area is 106 Å². The first-order valence-corrected chi connectivity index (χ1v) is 5.85. The third-order valence-electron chi connectivity index (χ3n) is 2.70. The number of anilines is 1. The number of amides is 1. The van der Waals surface area contributed by atoms with E-state index < -0.39 is 12.1 Å². The van der Waals surface area contributed by atoms with E-state index in [4.69, 9.17) is 14.7 Å². The Kier molecular flexibility index (Phi) is 3.68. The zero-order valence-corrected chi connectivity index (χ0v) is 10.1. The van der Waals surface area contributed by atoms with Crippen LogP contribution in [-0.4, -0.2) is 25.3 Å². The van der Waals surface area contributed by atoms with E-state index in [1.165, 1.54) is 4.90 Å². The normalized spacial score (nSPS) is 19.0. The Morgan fingerprint density at radius 2 is 2.33 bits per heavy atom. The third kappa shape index (κ3) is 2.23. The van der Waals surface area contributed by atoms with Gasteiger partial charge in [0, 0.05) is 6.42 Å². The number of benzene rings is 1. The van der Waals surface area contributed by atoms with Gasteiger partial charge in [-0.2, -0.15) is 5.26 Å². The lowest BCUT2D eigenvalue weighted by atomic mass is 10.1. The molecule has 1 saturated heterocycles. The smallest absolute Gasteiger partial charge is 0.415 e. The van der Waals surface area contributed by atoms with Gasteiger partial charge in [0.25, 0.3) is 0 Å². The first kappa shape index (κ1) is 12.2. The minimum absolute atomic E-state index is 0.282. The van der Waals surface area contributed by atoms with Crippen molar-refractivity contribution in [2.45, 2.75) is 19.4 Å². The molecule has 0 aliphatic carbocycles. The Hall–Kier alpha value is -2.22. The maximum Gasteiger partial charge on any atom is 0.415 e. The Balaban J connectivity index is 2.39. The molecule has 5 heteroatoms. The van der Waals surface area contributed by atoms with Crippen molar-refractivity contribution in [3.8, 4) is 11.8 Å². The van der Waals surface area contributed by atoms with Gasteiger partial charge in [-0.25, -0.2) is 4.79 Å². The number of hydrogen-bond acceptors (Lipinski definition) is 4. The van der Waals surface area contributed by atoms with E-state index in [2.05, 4.69) is 6.07 Å². The summed E-state index contributed by atoms with van der Waals surface area (Å²) in [6.45, 7) is 2.65. The Morgan fingerprint density at radius 1 is 1.56 bits per heavy atom. The summed E-state index contributed by atoms with van der Waals surface area (Å²) in [6.07, 6.45) is 0.00263. The molecule has 0 radical (unpaired) electrons. The molecule has 0 spiro atoms. The second-order valence-electron chi connectivity index (χ2n) is 3.82. The van der Waals surface area contributed by atoms with Crippen molar-refractivity contribution in [2.24, 2.45) is 0 Å². The van der Waals surface area contributed by atoms with Crippen molar-refractivity contribution in [2.75, 3.05) is 18.1 Å². The van der Waals surface area contributed by atoms with Gasteiger partial charge in [-0.1, -0.05) is 12.1 Å². The maximum absolute atomic E-state index is 11.8. The molecule has 1 aromatic rings. The summed E-state index contributed by atoms with van der Waals surface area (Å²) in [7, 11) is 0. The molecule has 1 aromatic carbocycles. The lowest BCUT2D eigenvalue weighted by Crippen LogP contribution is -2.45. The molecule has 0 N–H and O–H groups in total. The molecule has 0 aromatic heterocycles. The van der Waals surface area contributed by atoms with Gasteiger partial charge < -0.3 is 9.47 Å². The van der Waals surface area contributed by atoms with Crippen LogP contribution in [0, 0.1) is 11.3 Å². The van der Waals surface area contributed by atoms with Crippen LogP contribution in [0.3, 0.4) is 0 Å². The predicted molar refractivity (Wildman–Crippen MR) is 65.5 cm³/mol. The van der Waals surface area contributed by atoms with Crippen LogP contribution < -0.4 is 9.64 Å². The van der Waals surface area contributed by atoms with Gasteiger partial charge in [0.1, 0.15) is 11.8 Å². The number of rotatable bonds is 3. The van der Waals surface area contributed by atoms with E-state index in [9.17, 15) is 4.79 Å². The third-order valence-corrected chi connectivity index (χ3v) is 2.70. The van der Waals surface area contributed by atoms with Gasteiger partial charge in [-0.3, -0.25) is 4.90 Å². The van der Waals surface area contributed by atoms with Crippen molar-refractivity contribution < 1.29 is 14.3 Å². The molecule has 94 valence electrons. The van der Waals surface area contributed by atoms with E-state index >= 15 is 0 Å². The summed E-state index contributed by atoms with van der Waals surface area (Å²) in [4.78, 5) is 13.2. The van der Waals surface area contributed by atoms with Crippen molar-refractivity contribution in [3.05, 3.63) is 24.3 Å². The van der Waals surface area contributed by atoms with Gasteiger partial charge in [-0.15, -0.1) is 0 Å². The number of nitriles is 1. The fraction of sp³-hybridized carbons (Fsp3) is 0.385. The van der Waals surface area contributed by atoms with Gasteiger partial charge in [0.05, 0.1) is 25.0 Å². The number of cyclic esters (lactones) is 1. The van der Waals surface area contributed by atoms with Crippen LogP contribution in [0.1, 0.15) is 13.3 Å². The highest BCUT2D eigenvalue weighted by Gasteiger charge is 2.32. The van der Waals surface area contributed by atoms with Gasteiger partial charge in [0.2, 0.25) is 0 Å². The molecule has 1 atom stereocenters. The first-order valence-electron chi connectivity index (χ1n) is 5.85. The number of carbonyl (C=O) groups is 1. The van der Waals surface area contributed by atoms with Crippen LogP contribution in [0.25, 0.3) is 0 Å². The van der Waals surface area contributed by atoms with E-state index in [0.29, 0.717) is 24.5 Å². The molecule has 2 rings (SSSR count). The molecule has 0 bridgehead atoms. The summed E-state index contributed by atoms with van der Waals surface area (Å²) in [5.74, 6) is 0.583. The fourth-order valence-corrected chi connectivity index (χ4v) is 1.91. The van der Waals surface area contributed by atoms with E-state index in [1.807, 2.05) is 13.0 Å². The standard InChI is InChI=1S/C13H14N2O3/c1-2-17-12-6-4-3-5-11(12)15-10(9-14)7-8-18-13(15)16/h3-6,10H,2,7-8H2,1H3. The fourth-order valence-electron chi connectivity index (χ4n) is 1.91. The molecule has 1 aliphatic heterocycles. The number of para-hydroxylation sites is 2. The van der Waals surface area contributed by atoms with Gasteiger partial charge >= 0.3 is 6.09 Å². The summed E-state index contributed by atoms with van der Waals surface area (Å²) in [6, 6.07) is 8.76. The Morgan fingerprint density at radius 3 is 3.06 bits per heavy atom. The number of nitrogens with zero attached hydrogens (tertiary/aromatic N) is 2. The molecule has 1 amide bonds. The average Bonchev–Trinajstić information content (AvgIpc) is 2.40. The number of hydrogen-bond donors (Lipinski definition) is 0. The highest BCUT2D eigenvalue weighted by atomic mass is 16.6. The summed E-state index contributed by atoms with van der Waals surface area (Å²) >= 11 is 0. The largest absolute Gasteiger partial charge is 0.492 e. The van der Waals surface area contributed by atoms with Crippen molar-refractivity contribution >= 4 is 11.8 Å². The van der Waals surface area contributed by atoms with Crippen LogP contribution in [0.15, 0.2) is 24.3 Å². The summed E-state index contributed by atoms with van der Waals surface area (Å²) in [5, 5.41) is 9.12. The van der Waals surface area contributed by atoms with E-state index in [-0.39, 0.29) is 6.61 Å². The number of ether oxygens (including phenoxy) is 2. The van der Waals surface area contributed by atoms with Gasteiger partial charge in [0.15, 0.2) is 0 Å². The molecule has 18 heavy (non-hydrogen) atoms. The topological polar surface area (TPSA) is 62.6 Å². The lowest BCUT2D eigenvalue weighted by molar-refractivity contribution is 0.134. The molecule has 5 nitrogen and oxygen atoms in total. The molecular weight excluding hydrogens is 232 g/mol. The van der Waals surface area contributed by atoms with Crippen molar-refractivity contribution in [1.82, 2.24) is 0 Å². The second-order valence-corrected chi connectivity index (χ2v) is 3.82. The molecular formula is C13H14N2O3. The van der Waals surface area contributed by atoms with Crippen LogP contribution in [0.2, 0.25) is 0 Å². The number of carbonyl (C=O) groups excluding carboxylic acids is 1. The Bertz CT molecular complexity index is 481. The second kappa shape index (κ2) is 5.41. The predicted octanol–water partition coefficient (Wildman–Crippen LogP) is 2.32. The quantitative estimate of drug-likeness (QED) is 0.821. The average molecular weight is 246 g/mol.